The molecule has 1 unspecified atom stereocenters. The molecule has 0 bridgehead atoms. The molecule has 0 radical (unpaired) electrons. The van der Waals surface area contributed by atoms with Crippen LogP contribution in [0.3, 0.4) is 0 Å². The smallest absolute Gasteiger partial charge is 0.255 e. The van der Waals surface area contributed by atoms with E-state index in [9.17, 15) is 9.59 Å². The van der Waals surface area contributed by atoms with Gasteiger partial charge in [-0.15, -0.1) is 0 Å². The van der Waals surface area contributed by atoms with Crippen LogP contribution in [0.5, 0.6) is 0 Å². The van der Waals surface area contributed by atoms with Crippen molar-refractivity contribution in [2.24, 2.45) is 5.92 Å². The van der Waals surface area contributed by atoms with E-state index in [0.29, 0.717) is 24.7 Å². The molecule has 1 saturated heterocycles. The maximum atomic E-state index is 12.5. The van der Waals surface area contributed by atoms with E-state index >= 15 is 0 Å². The number of rotatable bonds is 5. The van der Waals surface area contributed by atoms with Crippen molar-refractivity contribution in [3.05, 3.63) is 54.2 Å². The van der Waals surface area contributed by atoms with Crippen LogP contribution in [0.25, 0.3) is 21.9 Å². The lowest BCUT2D eigenvalue weighted by Crippen LogP contribution is -2.39. The Labute approximate surface area is 186 Å². The van der Waals surface area contributed by atoms with Gasteiger partial charge in [-0.1, -0.05) is 18.2 Å². The minimum absolute atomic E-state index is 0.0492. The highest BCUT2D eigenvalue weighted by Gasteiger charge is 2.29. The first-order valence-electron chi connectivity index (χ1n) is 10.9. The van der Waals surface area contributed by atoms with E-state index in [0.717, 1.165) is 40.3 Å². The number of ether oxygens (including phenoxy) is 2. The van der Waals surface area contributed by atoms with Crippen molar-refractivity contribution in [2.45, 2.75) is 25.9 Å². The van der Waals surface area contributed by atoms with Crippen LogP contribution in [-0.4, -0.2) is 42.7 Å². The van der Waals surface area contributed by atoms with E-state index in [1.54, 1.807) is 6.20 Å². The highest BCUT2D eigenvalue weighted by Crippen LogP contribution is 2.32. The second-order valence-corrected chi connectivity index (χ2v) is 8.35. The number of benzene rings is 2. The van der Waals surface area contributed by atoms with Crippen molar-refractivity contribution >= 4 is 34.1 Å². The summed E-state index contributed by atoms with van der Waals surface area (Å²) in [6.07, 6.45) is 3.12. The minimum Gasteiger partial charge on any atom is -0.376 e. The quantitative estimate of drug-likeness (QED) is 0.639. The molecule has 164 valence electrons. The van der Waals surface area contributed by atoms with Gasteiger partial charge in [0, 0.05) is 23.2 Å². The first-order chi connectivity index (χ1) is 15.6. The van der Waals surface area contributed by atoms with Crippen molar-refractivity contribution < 1.29 is 19.1 Å². The number of amides is 2. The lowest BCUT2D eigenvalue weighted by molar-refractivity contribution is -0.142. The summed E-state index contributed by atoms with van der Waals surface area (Å²) in [7, 11) is 0. The van der Waals surface area contributed by atoms with Gasteiger partial charge in [0.05, 0.1) is 19.8 Å². The Bertz CT molecular complexity index is 1180. The average Bonchev–Trinajstić information content (AvgIpc) is 3.66. The first-order valence-corrected chi connectivity index (χ1v) is 10.9. The third-order valence-corrected chi connectivity index (χ3v) is 5.85. The van der Waals surface area contributed by atoms with Crippen molar-refractivity contribution in [1.82, 2.24) is 4.98 Å². The molecule has 2 amide bonds. The monoisotopic (exact) mass is 431 g/mol. The van der Waals surface area contributed by atoms with Crippen LogP contribution >= 0.6 is 0 Å². The third-order valence-electron chi connectivity index (χ3n) is 5.85. The molecule has 7 heteroatoms. The molecule has 3 aromatic rings. The zero-order valence-electron chi connectivity index (χ0n) is 17.9. The number of hydrogen-bond donors (Lipinski definition) is 2. The SMILES string of the molecule is Cc1ccc(NC(=O)C2COCCO2)cc1-c1ccc2cc(NC(=O)C3CC3)ncc2c1. The summed E-state index contributed by atoms with van der Waals surface area (Å²) < 4.78 is 10.8. The fourth-order valence-electron chi connectivity index (χ4n) is 3.82. The fourth-order valence-corrected chi connectivity index (χ4v) is 3.82. The Morgan fingerprint density at radius 3 is 2.62 bits per heavy atom. The number of fused-ring (bicyclic) bond motifs is 1. The molecule has 5 rings (SSSR count). The van der Waals surface area contributed by atoms with E-state index in [-0.39, 0.29) is 24.3 Å². The van der Waals surface area contributed by atoms with E-state index in [1.165, 1.54) is 0 Å². The molecule has 1 aromatic heterocycles. The summed E-state index contributed by atoms with van der Waals surface area (Å²) >= 11 is 0. The van der Waals surface area contributed by atoms with E-state index in [1.807, 2.05) is 43.3 Å². The van der Waals surface area contributed by atoms with Crippen molar-refractivity contribution in [3.63, 3.8) is 0 Å². The van der Waals surface area contributed by atoms with Crippen molar-refractivity contribution in [2.75, 3.05) is 30.5 Å². The van der Waals surface area contributed by atoms with Gasteiger partial charge in [-0.3, -0.25) is 9.59 Å². The number of carbonyl (C=O) groups is 2. The standard InChI is InChI=1S/C25H25N3O4/c1-15-2-7-20(27-25(30)22-14-31-8-9-32-22)12-21(15)18-6-5-17-11-23(26-13-19(17)10-18)28-24(29)16-3-4-16/h2,5-7,10-13,16,22H,3-4,8-9,14H2,1H3,(H,27,30)(H,26,28,29). The van der Waals surface area contributed by atoms with E-state index < -0.39 is 6.10 Å². The molecule has 1 aliphatic heterocycles. The predicted octanol–water partition coefficient (Wildman–Crippen LogP) is 3.91. The van der Waals surface area contributed by atoms with Gasteiger partial charge in [-0.2, -0.15) is 0 Å². The Morgan fingerprint density at radius 1 is 0.969 bits per heavy atom. The molecule has 1 atom stereocenters. The Morgan fingerprint density at radius 2 is 1.84 bits per heavy atom. The van der Waals surface area contributed by atoms with Crippen molar-refractivity contribution in [3.8, 4) is 11.1 Å². The first kappa shape index (κ1) is 20.6. The number of carbonyl (C=O) groups excluding carboxylic acids is 2. The van der Waals surface area contributed by atoms with Crippen LogP contribution in [0.15, 0.2) is 48.7 Å². The highest BCUT2D eigenvalue weighted by molar-refractivity contribution is 5.97. The summed E-state index contributed by atoms with van der Waals surface area (Å²) in [4.78, 5) is 28.9. The highest BCUT2D eigenvalue weighted by atomic mass is 16.6. The van der Waals surface area contributed by atoms with Crippen LogP contribution in [-0.2, 0) is 19.1 Å². The average molecular weight is 431 g/mol. The van der Waals surface area contributed by atoms with Gasteiger partial charge in [0.15, 0.2) is 6.10 Å². The second kappa shape index (κ2) is 8.68. The number of aryl methyl sites for hydroxylation is 1. The van der Waals surface area contributed by atoms with Gasteiger partial charge in [0.1, 0.15) is 5.82 Å². The Kier molecular flexibility index (Phi) is 5.59. The maximum absolute atomic E-state index is 12.5. The van der Waals surface area contributed by atoms with Gasteiger partial charge >= 0.3 is 0 Å². The fraction of sp³-hybridized carbons (Fsp3) is 0.320. The molecule has 2 aliphatic rings. The van der Waals surface area contributed by atoms with Crippen molar-refractivity contribution in [1.29, 1.82) is 0 Å². The molecule has 32 heavy (non-hydrogen) atoms. The molecular formula is C25H25N3O4. The molecular weight excluding hydrogens is 406 g/mol. The number of anilines is 2. The molecule has 1 aliphatic carbocycles. The zero-order valence-corrected chi connectivity index (χ0v) is 17.9. The van der Waals surface area contributed by atoms with Gasteiger partial charge in [0.2, 0.25) is 5.91 Å². The van der Waals surface area contributed by atoms with Crippen LogP contribution in [0.2, 0.25) is 0 Å². The second-order valence-electron chi connectivity index (χ2n) is 8.35. The minimum atomic E-state index is -0.588. The molecule has 2 N–H and O–H groups in total. The van der Waals surface area contributed by atoms with Gasteiger partial charge < -0.3 is 20.1 Å². The number of pyridine rings is 1. The van der Waals surface area contributed by atoms with Gasteiger partial charge in [-0.25, -0.2) is 4.98 Å². The summed E-state index contributed by atoms with van der Waals surface area (Å²) in [6, 6.07) is 13.9. The summed E-state index contributed by atoms with van der Waals surface area (Å²) in [5.41, 5.74) is 3.86. The largest absolute Gasteiger partial charge is 0.376 e. The number of nitrogens with one attached hydrogen (secondary N) is 2. The van der Waals surface area contributed by atoms with Gasteiger partial charge in [0.25, 0.3) is 5.91 Å². The number of hydrogen-bond acceptors (Lipinski definition) is 5. The molecule has 2 aromatic carbocycles. The van der Waals surface area contributed by atoms with Crippen LogP contribution < -0.4 is 10.6 Å². The lowest BCUT2D eigenvalue weighted by Gasteiger charge is -2.22. The van der Waals surface area contributed by atoms with Gasteiger partial charge in [-0.05, 0) is 66.1 Å². The third kappa shape index (κ3) is 4.49. The Balaban J connectivity index is 1.37. The van der Waals surface area contributed by atoms with Crippen LogP contribution in [0, 0.1) is 12.8 Å². The zero-order chi connectivity index (χ0) is 22.1. The topological polar surface area (TPSA) is 89.5 Å². The van der Waals surface area contributed by atoms with E-state index in [4.69, 9.17) is 9.47 Å². The summed E-state index contributed by atoms with van der Waals surface area (Å²) in [5.74, 6) is 0.566. The van der Waals surface area contributed by atoms with Crippen LogP contribution in [0.4, 0.5) is 11.5 Å². The normalized spacial score (nSPS) is 18.3. The molecule has 0 spiro atoms. The molecule has 2 heterocycles. The van der Waals surface area contributed by atoms with E-state index in [2.05, 4.69) is 21.7 Å². The number of aromatic nitrogens is 1. The molecule has 1 saturated carbocycles. The predicted molar refractivity (Wildman–Crippen MR) is 122 cm³/mol. The molecule has 2 fully saturated rings. The number of nitrogens with zero attached hydrogens (tertiary/aromatic N) is 1. The Hall–Kier alpha value is -3.29. The molecule has 7 nitrogen and oxygen atoms in total. The lowest BCUT2D eigenvalue weighted by atomic mass is 9.97. The van der Waals surface area contributed by atoms with Crippen LogP contribution in [0.1, 0.15) is 18.4 Å². The maximum Gasteiger partial charge on any atom is 0.255 e. The summed E-state index contributed by atoms with van der Waals surface area (Å²) in [5, 5.41) is 7.81. The summed E-state index contributed by atoms with van der Waals surface area (Å²) in [6.45, 7) is 3.25.